The molecule has 0 radical (unpaired) electrons. The monoisotopic (exact) mass is 355 g/mol. The fourth-order valence-corrected chi connectivity index (χ4v) is 3.60. The van der Waals surface area contributed by atoms with Crippen molar-refractivity contribution in [1.29, 1.82) is 0 Å². The molecule has 1 saturated heterocycles. The summed E-state index contributed by atoms with van der Waals surface area (Å²) in [6.45, 7) is 5.91. The van der Waals surface area contributed by atoms with E-state index in [1.54, 1.807) is 0 Å². The summed E-state index contributed by atoms with van der Waals surface area (Å²) >= 11 is 0. The summed E-state index contributed by atoms with van der Waals surface area (Å²) in [5.41, 5.74) is -0.405. The van der Waals surface area contributed by atoms with Gasteiger partial charge in [0.2, 0.25) is 5.91 Å². The van der Waals surface area contributed by atoms with Gasteiger partial charge in [-0.05, 0) is 37.8 Å². The molecule has 4 rings (SSSR count). The Morgan fingerprint density at radius 2 is 2.00 bits per heavy atom. The first-order valence-corrected chi connectivity index (χ1v) is 9.29. The smallest absolute Gasteiger partial charge is 0.264 e. The number of nitrogens with zero attached hydrogens (tertiary/aromatic N) is 3. The Balaban J connectivity index is 1.43. The number of rotatable bonds is 5. The molecular formula is C20H25N3O3. The van der Waals surface area contributed by atoms with Crippen molar-refractivity contribution in [1.82, 2.24) is 15.0 Å². The van der Waals surface area contributed by atoms with Crippen molar-refractivity contribution in [3.05, 3.63) is 42.0 Å². The third-order valence-electron chi connectivity index (χ3n) is 5.61. The zero-order valence-electron chi connectivity index (χ0n) is 15.4. The van der Waals surface area contributed by atoms with E-state index in [-0.39, 0.29) is 23.3 Å². The van der Waals surface area contributed by atoms with Crippen molar-refractivity contribution in [2.24, 2.45) is 5.41 Å². The molecule has 1 aromatic carbocycles. The lowest BCUT2D eigenvalue weighted by Crippen LogP contribution is -2.49. The third kappa shape index (κ3) is 3.32. The van der Waals surface area contributed by atoms with Crippen LogP contribution in [0.2, 0.25) is 0 Å². The number of hydrogen-bond acceptors (Lipinski definition) is 5. The molecule has 2 aromatic rings. The highest BCUT2D eigenvalue weighted by Gasteiger charge is 2.49. The minimum atomic E-state index is -0.270. The first-order chi connectivity index (χ1) is 12.5. The molecule has 138 valence electrons. The van der Waals surface area contributed by atoms with Crippen LogP contribution in [0.25, 0.3) is 0 Å². The normalized spacial score (nSPS) is 24.3. The third-order valence-corrected chi connectivity index (χ3v) is 5.61. The maximum absolute atomic E-state index is 12.7. The van der Waals surface area contributed by atoms with Gasteiger partial charge in [-0.25, -0.2) is 0 Å². The highest BCUT2D eigenvalue weighted by molar-refractivity contribution is 5.85. The summed E-state index contributed by atoms with van der Waals surface area (Å²) in [7, 11) is 0. The molecule has 1 aliphatic heterocycles. The van der Waals surface area contributed by atoms with Gasteiger partial charge in [-0.15, -0.1) is 0 Å². The molecule has 0 spiro atoms. The van der Waals surface area contributed by atoms with Crippen LogP contribution in [0.5, 0.6) is 5.75 Å². The number of amides is 1. The van der Waals surface area contributed by atoms with Crippen LogP contribution in [0.15, 0.2) is 34.9 Å². The molecule has 1 unspecified atom stereocenters. The van der Waals surface area contributed by atoms with Gasteiger partial charge < -0.3 is 14.2 Å². The van der Waals surface area contributed by atoms with Gasteiger partial charge in [0.05, 0.1) is 0 Å². The van der Waals surface area contributed by atoms with Gasteiger partial charge in [-0.3, -0.25) is 4.79 Å². The van der Waals surface area contributed by atoms with Gasteiger partial charge in [0.25, 0.3) is 5.89 Å². The van der Waals surface area contributed by atoms with Gasteiger partial charge in [0.15, 0.2) is 12.4 Å². The zero-order chi connectivity index (χ0) is 18.2. The average molecular weight is 355 g/mol. The van der Waals surface area contributed by atoms with Crippen LogP contribution in [0.3, 0.4) is 0 Å². The van der Waals surface area contributed by atoms with Crippen LogP contribution in [0.1, 0.15) is 51.2 Å². The summed E-state index contributed by atoms with van der Waals surface area (Å²) in [5.74, 6) is 2.18. The van der Waals surface area contributed by atoms with E-state index in [4.69, 9.17) is 9.26 Å². The van der Waals surface area contributed by atoms with E-state index < -0.39 is 0 Å². The maximum Gasteiger partial charge on any atom is 0.264 e. The average Bonchev–Trinajstić information content (AvgIpc) is 3.22. The Bertz CT molecular complexity index is 785. The van der Waals surface area contributed by atoms with Crippen molar-refractivity contribution in [2.45, 2.75) is 51.6 Å². The van der Waals surface area contributed by atoms with Crippen LogP contribution < -0.4 is 4.74 Å². The lowest BCUT2D eigenvalue weighted by atomic mass is 9.80. The van der Waals surface area contributed by atoms with E-state index in [9.17, 15) is 4.79 Å². The number of hydrogen-bond donors (Lipinski definition) is 0. The van der Waals surface area contributed by atoms with Crippen LogP contribution in [0.4, 0.5) is 0 Å². The Hall–Kier alpha value is -2.37. The first-order valence-electron chi connectivity index (χ1n) is 9.29. The first kappa shape index (κ1) is 17.1. The molecule has 0 N–H and O–H groups in total. The molecular weight excluding hydrogens is 330 g/mol. The summed E-state index contributed by atoms with van der Waals surface area (Å²) < 4.78 is 11.1. The van der Waals surface area contributed by atoms with E-state index in [0.717, 1.165) is 38.0 Å². The fourth-order valence-electron chi connectivity index (χ4n) is 3.60. The van der Waals surface area contributed by atoms with E-state index in [1.807, 2.05) is 35.2 Å². The second kappa shape index (κ2) is 6.41. The SMILES string of the molecule is CC1(C(=O)N2CCCC(C)(c3noc(COc4ccccc4)n3)C2)CC1. The number of carbonyl (C=O) groups excluding carboxylic acids is 1. The lowest BCUT2D eigenvalue weighted by Gasteiger charge is -2.39. The minimum Gasteiger partial charge on any atom is -0.484 e. The van der Waals surface area contributed by atoms with E-state index in [2.05, 4.69) is 24.0 Å². The molecule has 2 aliphatic rings. The number of carbonyl (C=O) groups is 1. The fraction of sp³-hybridized carbons (Fsp3) is 0.550. The van der Waals surface area contributed by atoms with Crippen molar-refractivity contribution in [3.63, 3.8) is 0 Å². The molecule has 1 aliphatic carbocycles. The number of ether oxygens (including phenoxy) is 1. The molecule has 2 heterocycles. The summed E-state index contributed by atoms with van der Waals surface area (Å²) in [6, 6.07) is 9.56. The van der Waals surface area contributed by atoms with Crippen LogP contribution in [0, 0.1) is 5.41 Å². The van der Waals surface area contributed by atoms with Gasteiger partial charge in [-0.2, -0.15) is 4.98 Å². The van der Waals surface area contributed by atoms with Crippen molar-refractivity contribution < 1.29 is 14.1 Å². The molecule has 26 heavy (non-hydrogen) atoms. The summed E-state index contributed by atoms with van der Waals surface area (Å²) in [6.07, 6.45) is 3.92. The predicted molar refractivity (Wildman–Crippen MR) is 95.6 cm³/mol. The predicted octanol–water partition coefficient (Wildman–Crippen LogP) is 3.33. The summed E-state index contributed by atoms with van der Waals surface area (Å²) in [5, 5.41) is 4.19. The maximum atomic E-state index is 12.7. The highest BCUT2D eigenvalue weighted by Crippen LogP contribution is 2.47. The number of piperidine rings is 1. The number of benzene rings is 1. The quantitative estimate of drug-likeness (QED) is 0.823. The summed E-state index contributed by atoms with van der Waals surface area (Å²) in [4.78, 5) is 19.3. The van der Waals surface area contributed by atoms with Crippen molar-refractivity contribution in [2.75, 3.05) is 13.1 Å². The molecule has 1 saturated carbocycles. The molecule has 2 fully saturated rings. The zero-order valence-corrected chi connectivity index (χ0v) is 15.4. The molecule has 1 atom stereocenters. The van der Waals surface area contributed by atoms with Crippen molar-refractivity contribution in [3.8, 4) is 5.75 Å². The van der Waals surface area contributed by atoms with Gasteiger partial charge >= 0.3 is 0 Å². The van der Waals surface area contributed by atoms with Crippen LogP contribution in [-0.4, -0.2) is 34.0 Å². The topological polar surface area (TPSA) is 68.5 Å². The number of likely N-dealkylation sites (tertiary alicyclic amines) is 1. The van der Waals surface area contributed by atoms with Crippen molar-refractivity contribution >= 4 is 5.91 Å². The molecule has 0 bridgehead atoms. The van der Waals surface area contributed by atoms with Gasteiger partial charge in [0, 0.05) is 23.9 Å². The van der Waals surface area contributed by atoms with Crippen LogP contribution >= 0.6 is 0 Å². The Kier molecular flexibility index (Phi) is 4.21. The number of para-hydroxylation sites is 1. The van der Waals surface area contributed by atoms with Gasteiger partial charge in [-0.1, -0.05) is 37.2 Å². The van der Waals surface area contributed by atoms with E-state index in [1.165, 1.54) is 0 Å². The largest absolute Gasteiger partial charge is 0.484 e. The highest BCUT2D eigenvalue weighted by atomic mass is 16.5. The molecule has 1 aromatic heterocycles. The Morgan fingerprint density at radius 3 is 2.73 bits per heavy atom. The second-order valence-corrected chi connectivity index (χ2v) is 8.07. The van der Waals surface area contributed by atoms with Gasteiger partial charge in [0.1, 0.15) is 5.75 Å². The molecule has 6 heteroatoms. The number of aromatic nitrogens is 2. The Labute approximate surface area is 153 Å². The standard InChI is InChI=1S/C20H25N3O3/c1-19(10-11-19)18(24)23-12-6-9-20(2,14-23)17-21-16(26-22-17)13-25-15-7-4-3-5-8-15/h3-5,7-8H,6,9-14H2,1-2H3. The second-order valence-electron chi connectivity index (χ2n) is 8.07. The van der Waals surface area contributed by atoms with E-state index in [0.29, 0.717) is 18.3 Å². The van der Waals surface area contributed by atoms with Crippen LogP contribution in [-0.2, 0) is 16.8 Å². The molecule has 1 amide bonds. The lowest BCUT2D eigenvalue weighted by molar-refractivity contribution is -0.138. The Morgan fingerprint density at radius 1 is 1.23 bits per heavy atom. The minimum absolute atomic E-state index is 0.135. The van der Waals surface area contributed by atoms with E-state index >= 15 is 0 Å². The molecule has 6 nitrogen and oxygen atoms in total.